The van der Waals surface area contributed by atoms with Crippen molar-refractivity contribution in [2.45, 2.75) is 39.3 Å². The van der Waals surface area contributed by atoms with Gasteiger partial charge in [0.2, 0.25) is 5.90 Å². The standard InChI is InChI=1S/C15H21N3O3/c1-11(2)21-15-13(14(20)16-17-15)10-12-6-5-8-18(12)7-3-4-9-19/h5-6,8,10-11,19H,3-4,7,9H2,1-2H3,(H,16,20). The number of hydrazone groups is 1. The number of ether oxygens (including phenoxy) is 1. The van der Waals surface area contributed by atoms with Crippen LogP contribution in [0.25, 0.3) is 6.08 Å². The number of nitrogens with one attached hydrogen (secondary N) is 1. The molecule has 6 heteroatoms. The van der Waals surface area contributed by atoms with E-state index in [1.54, 1.807) is 6.08 Å². The highest BCUT2D eigenvalue weighted by Crippen LogP contribution is 2.15. The molecule has 0 spiro atoms. The third-order valence-corrected chi connectivity index (χ3v) is 3.05. The highest BCUT2D eigenvalue weighted by atomic mass is 16.5. The van der Waals surface area contributed by atoms with Crippen molar-refractivity contribution in [1.29, 1.82) is 0 Å². The fourth-order valence-corrected chi connectivity index (χ4v) is 2.06. The molecule has 1 amide bonds. The smallest absolute Gasteiger partial charge is 0.277 e. The number of rotatable bonds is 6. The molecule has 2 rings (SSSR count). The van der Waals surface area contributed by atoms with Gasteiger partial charge in [0.15, 0.2) is 0 Å². The summed E-state index contributed by atoms with van der Waals surface area (Å²) in [4.78, 5) is 11.8. The minimum atomic E-state index is -0.256. The van der Waals surface area contributed by atoms with Gasteiger partial charge in [-0.3, -0.25) is 4.79 Å². The van der Waals surface area contributed by atoms with Crippen molar-refractivity contribution in [2.75, 3.05) is 6.61 Å². The van der Waals surface area contributed by atoms with Crippen molar-refractivity contribution < 1.29 is 14.6 Å². The summed E-state index contributed by atoms with van der Waals surface area (Å²) < 4.78 is 7.58. The number of aryl methyl sites for hydroxylation is 1. The quantitative estimate of drug-likeness (QED) is 0.616. The largest absolute Gasteiger partial charge is 0.473 e. The van der Waals surface area contributed by atoms with Gasteiger partial charge in [0.25, 0.3) is 5.91 Å². The molecule has 1 aromatic heterocycles. The summed E-state index contributed by atoms with van der Waals surface area (Å²) in [5.74, 6) is 0.0758. The van der Waals surface area contributed by atoms with Crippen LogP contribution in [-0.2, 0) is 16.1 Å². The second-order valence-electron chi connectivity index (χ2n) is 5.14. The van der Waals surface area contributed by atoms with Crippen LogP contribution < -0.4 is 5.43 Å². The lowest BCUT2D eigenvalue weighted by Crippen LogP contribution is -2.16. The van der Waals surface area contributed by atoms with E-state index in [-0.39, 0.29) is 18.6 Å². The van der Waals surface area contributed by atoms with Crippen LogP contribution >= 0.6 is 0 Å². The van der Waals surface area contributed by atoms with Crippen LogP contribution in [0.3, 0.4) is 0 Å². The third kappa shape index (κ3) is 3.95. The van der Waals surface area contributed by atoms with E-state index in [2.05, 4.69) is 10.5 Å². The van der Waals surface area contributed by atoms with Crippen LogP contribution in [0.4, 0.5) is 0 Å². The molecule has 6 nitrogen and oxygen atoms in total. The normalized spacial score (nSPS) is 16.5. The maximum atomic E-state index is 11.8. The number of unbranched alkanes of at least 4 members (excludes halogenated alkanes) is 1. The van der Waals surface area contributed by atoms with E-state index < -0.39 is 0 Å². The zero-order valence-electron chi connectivity index (χ0n) is 12.4. The third-order valence-electron chi connectivity index (χ3n) is 3.05. The summed E-state index contributed by atoms with van der Waals surface area (Å²) in [7, 11) is 0. The lowest BCUT2D eigenvalue weighted by atomic mass is 10.2. The Labute approximate surface area is 124 Å². The second-order valence-corrected chi connectivity index (χ2v) is 5.14. The summed E-state index contributed by atoms with van der Waals surface area (Å²) in [5.41, 5.74) is 3.78. The molecule has 0 bridgehead atoms. The zero-order chi connectivity index (χ0) is 15.2. The number of aromatic nitrogens is 1. The SMILES string of the molecule is CC(C)OC1=NNC(=O)C1=Cc1cccn1CCCCO. The van der Waals surface area contributed by atoms with Crippen LogP contribution in [0, 0.1) is 0 Å². The predicted molar refractivity (Wildman–Crippen MR) is 80.5 cm³/mol. The number of hydrogen-bond acceptors (Lipinski definition) is 4. The van der Waals surface area contributed by atoms with Crippen LogP contribution in [0.15, 0.2) is 29.0 Å². The highest BCUT2D eigenvalue weighted by Gasteiger charge is 2.25. The van der Waals surface area contributed by atoms with Gasteiger partial charge in [0, 0.05) is 25.0 Å². The minimum Gasteiger partial charge on any atom is -0.473 e. The number of aliphatic hydroxyl groups excluding tert-OH is 1. The first-order valence-corrected chi connectivity index (χ1v) is 7.14. The predicted octanol–water partition coefficient (Wildman–Crippen LogP) is 1.51. The van der Waals surface area contributed by atoms with E-state index in [0.29, 0.717) is 11.5 Å². The van der Waals surface area contributed by atoms with Gasteiger partial charge in [-0.05, 0) is 44.9 Å². The molecule has 2 heterocycles. The summed E-state index contributed by atoms with van der Waals surface area (Å²) in [6, 6.07) is 3.86. The van der Waals surface area contributed by atoms with Crippen LogP contribution in [0.1, 0.15) is 32.4 Å². The Morgan fingerprint density at radius 2 is 2.29 bits per heavy atom. The molecule has 0 fully saturated rings. The average Bonchev–Trinajstić information content (AvgIpc) is 3.00. The van der Waals surface area contributed by atoms with Gasteiger partial charge in [-0.25, -0.2) is 5.43 Å². The fraction of sp³-hybridized carbons (Fsp3) is 0.467. The molecule has 1 aliphatic heterocycles. The van der Waals surface area contributed by atoms with Gasteiger partial charge >= 0.3 is 0 Å². The Morgan fingerprint density at radius 1 is 1.48 bits per heavy atom. The molecule has 0 saturated carbocycles. The molecule has 0 atom stereocenters. The number of amides is 1. The minimum absolute atomic E-state index is 0.0452. The second kappa shape index (κ2) is 7.08. The Balaban J connectivity index is 2.16. The Hall–Kier alpha value is -2.08. The Kier molecular flexibility index (Phi) is 5.16. The highest BCUT2D eigenvalue weighted by molar-refractivity contribution is 6.24. The zero-order valence-corrected chi connectivity index (χ0v) is 12.4. The molecule has 0 aromatic carbocycles. The van der Waals surface area contributed by atoms with Crippen molar-refractivity contribution in [3.8, 4) is 0 Å². The van der Waals surface area contributed by atoms with Gasteiger partial charge < -0.3 is 14.4 Å². The first-order valence-electron chi connectivity index (χ1n) is 7.14. The molecule has 0 saturated heterocycles. The topological polar surface area (TPSA) is 75.8 Å². The van der Waals surface area contributed by atoms with E-state index in [1.165, 1.54) is 0 Å². The summed E-state index contributed by atoms with van der Waals surface area (Å²) >= 11 is 0. The van der Waals surface area contributed by atoms with E-state index in [4.69, 9.17) is 9.84 Å². The number of carbonyl (C=O) groups is 1. The molecule has 21 heavy (non-hydrogen) atoms. The number of hydrogen-bond donors (Lipinski definition) is 2. The number of nitrogens with zero attached hydrogens (tertiary/aromatic N) is 2. The van der Waals surface area contributed by atoms with Crippen molar-refractivity contribution >= 4 is 17.9 Å². The van der Waals surface area contributed by atoms with E-state index in [1.807, 2.05) is 36.7 Å². The monoisotopic (exact) mass is 291 g/mol. The summed E-state index contributed by atoms with van der Waals surface area (Å²) in [6.07, 6.45) is 5.34. The van der Waals surface area contributed by atoms with Gasteiger partial charge in [0.1, 0.15) is 5.57 Å². The van der Waals surface area contributed by atoms with Crippen molar-refractivity contribution in [1.82, 2.24) is 9.99 Å². The van der Waals surface area contributed by atoms with E-state index in [0.717, 1.165) is 25.1 Å². The fourth-order valence-electron chi connectivity index (χ4n) is 2.06. The lowest BCUT2D eigenvalue weighted by Gasteiger charge is -2.09. The van der Waals surface area contributed by atoms with Gasteiger partial charge in [0.05, 0.1) is 6.10 Å². The molecule has 0 aliphatic carbocycles. The van der Waals surface area contributed by atoms with Crippen molar-refractivity contribution in [3.63, 3.8) is 0 Å². The Morgan fingerprint density at radius 3 is 3.00 bits per heavy atom. The first-order chi connectivity index (χ1) is 10.1. The molecule has 1 aromatic rings. The van der Waals surface area contributed by atoms with Crippen LogP contribution in [0.2, 0.25) is 0 Å². The molecule has 0 radical (unpaired) electrons. The Bertz CT molecular complexity index is 558. The molecule has 1 aliphatic rings. The van der Waals surface area contributed by atoms with Gasteiger partial charge in [-0.15, -0.1) is 5.10 Å². The summed E-state index contributed by atoms with van der Waals surface area (Å²) in [6.45, 7) is 4.77. The van der Waals surface area contributed by atoms with Crippen molar-refractivity contribution in [3.05, 3.63) is 29.6 Å². The number of carbonyl (C=O) groups excluding carboxylic acids is 1. The average molecular weight is 291 g/mol. The molecular formula is C15H21N3O3. The van der Waals surface area contributed by atoms with E-state index >= 15 is 0 Å². The van der Waals surface area contributed by atoms with Gasteiger partial charge in [-0.1, -0.05) is 0 Å². The first kappa shape index (κ1) is 15.3. The summed E-state index contributed by atoms with van der Waals surface area (Å²) in [5, 5.41) is 12.7. The lowest BCUT2D eigenvalue weighted by molar-refractivity contribution is -0.116. The van der Waals surface area contributed by atoms with Crippen LogP contribution in [0.5, 0.6) is 0 Å². The number of aliphatic hydroxyl groups is 1. The van der Waals surface area contributed by atoms with Gasteiger partial charge in [-0.2, -0.15) is 0 Å². The maximum Gasteiger partial charge on any atom is 0.277 e. The van der Waals surface area contributed by atoms with Crippen LogP contribution in [-0.4, -0.2) is 34.2 Å². The van der Waals surface area contributed by atoms with E-state index in [9.17, 15) is 4.79 Å². The van der Waals surface area contributed by atoms with Crippen molar-refractivity contribution in [2.24, 2.45) is 5.10 Å². The molecule has 0 unspecified atom stereocenters. The maximum absolute atomic E-state index is 11.8. The molecule has 2 N–H and O–H groups in total. The molecule has 114 valence electrons. The molecular weight excluding hydrogens is 270 g/mol.